The molecule has 12 heavy (non-hydrogen) atoms. The summed E-state index contributed by atoms with van der Waals surface area (Å²) in [5, 5.41) is 34.2. The molecule has 0 spiro atoms. The van der Waals surface area contributed by atoms with Gasteiger partial charge in [-0.25, -0.2) is 0 Å². The monoisotopic (exact) mass is 171 g/mol. The van der Waals surface area contributed by atoms with E-state index in [4.69, 9.17) is 15.6 Å². The highest BCUT2D eigenvalue weighted by Gasteiger charge is 2.19. The van der Waals surface area contributed by atoms with Crippen LogP contribution in [-0.4, -0.2) is 32.8 Å². The highest BCUT2D eigenvalue weighted by molar-refractivity contribution is 6.23. The third-order valence-electron chi connectivity index (χ3n) is 1.65. The lowest BCUT2D eigenvalue weighted by Gasteiger charge is -2.13. The molecule has 1 fully saturated rings. The number of hydrogen-bond acceptors (Lipinski definition) is 6. The molecule has 0 aromatic rings. The van der Waals surface area contributed by atoms with Crippen molar-refractivity contribution in [2.24, 2.45) is 15.5 Å². The van der Waals surface area contributed by atoms with Crippen molar-refractivity contribution >= 4 is 17.1 Å². The first-order valence-electron chi connectivity index (χ1n) is 3.39. The van der Waals surface area contributed by atoms with Gasteiger partial charge in [-0.3, -0.25) is 0 Å². The van der Waals surface area contributed by atoms with E-state index < -0.39 is 0 Å². The molecule has 0 aromatic carbocycles. The van der Waals surface area contributed by atoms with E-state index in [1.54, 1.807) is 0 Å². The fourth-order valence-electron chi connectivity index (χ4n) is 1.11. The largest absolute Gasteiger partial charge is 0.411 e. The molecule has 1 saturated carbocycles. The van der Waals surface area contributed by atoms with E-state index in [9.17, 15) is 0 Å². The van der Waals surface area contributed by atoms with Crippen LogP contribution in [0.3, 0.4) is 0 Å². The van der Waals surface area contributed by atoms with E-state index >= 15 is 0 Å². The molecule has 0 atom stereocenters. The molecule has 6 nitrogen and oxygen atoms in total. The van der Waals surface area contributed by atoms with Crippen molar-refractivity contribution in [1.29, 1.82) is 0 Å². The van der Waals surface area contributed by atoms with Crippen LogP contribution in [0.4, 0.5) is 0 Å². The first-order valence-corrected chi connectivity index (χ1v) is 3.39. The topological polar surface area (TPSA) is 97.8 Å². The van der Waals surface area contributed by atoms with Gasteiger partial charge in [0.25, 0.3) is 0 Å². The van der Waals surface area contributed by atoms with Crippen LogP contribution in [0.2, 0.25) is 0 Å². The van der Waals surface area contributed by atoms with Crippen LogP contribution in [0.5, 0.6) is 0 Å². The fourth-order valence-corrected chi connectivity index (χ4v) is 1.11. The quantitative estimate of drug-likeness (QED) is 0.369. The third-order valence-corrected chi connectivity index (χ3v) is 1.65. The Hall–Kier alpha value is -1.59. The smallest absolute Gasteiger partial charge is 0.0685 e. The predicted octanol–water partition coefficient (Wildman–Crippen LogP) is 0.661. The average Bonchev–Trinajstić information content (AvgIpc) is 2.16. The SMILES string of the molecule is ON=C1CC(=NO)CC(=NO)C1. The molecule has 0 amide bonds. The molecule has 1 rings (SSSR count). The van der Waals surface area contributed by atoms with Gasteiger partial charge in [0.2, 0.25) is 0 Å². The summed E-state index contributed by atoms with van der Waals surface area (Å²) in [6.07, 6.45) is 0.976. The Morgan fingerprint density at radius 3 is 1.08 bits per heavy atom. The van der Waals surface area contributed by atoms with Crippen molar-refractivity contribution in [1.82, 2.24) is 0 Å². The Morgan fingerprint density at radius 2 is 0.917 bits per heavy atom. The molecule has 0 bridgehead atoms. The molecule has 1 aliphatic rings. The summed E-state index contributed by atoms with van der Waals surface area (Å²) in [5.74, 6) is 0. The summed E-state index contributed by atoms with van der Waals surface area (Å²) >= 11 is 0. The van der Waals surface area contributed by atoms with Crippen molar-refractivity contribution in [3.05, 3.63) is 0 Å². The summed E-state index contributed by atoms with van der Waals surface area (Å²) in [6.45, 7) is 0. The maximum atomic E-state index is 8.43. The minimum atomic E-state index is 0.325. The molecule has 0 radical (unpaired) electrons. The Balaban J connectivity index is 2.79. The zero-order valence-corrected chi connectivity index (χ0v) is 6.30. The zero-order chi connectivity index (χ0) is 8.97. The van der Waals surface area contributed by atoms with Gasteiger partial charge in [-0.05, 0) is 0 Å². The number of hydrogen-bond donors (Lipinski definition) is 3. The van der Waals surface area contributed by atoms with Gasteiger partial charge in [-0.15, -0.1) is 0 Å². The van der Waals surface area contributed by atoms with Crippen LogP contribution >= 0.6 is 0 Å². The zero-order valence-electron chi connectivity index (χ0n) is 6.30. The van der Waals surface area contributed by atoms with Gasteiger partial charge >= 0.3 is 0 Å². The number of rotatable bonds is 0. The molecular formula is C6H9N3O3. The minimum absolute atomic E-state index is 0.325. The predicted molar refractivity (Wildman–Crippen MR) is 41.5 cm³/mol. The second kappa shape index (κ2) is 3.70. The molecular weight excluding hydrogens is 162 g/mol. The lowest BCUT2D eigenvalue weighted by atomic mass is 9.95. The van der Waals surface area contributed by atoms with Gasteiger partial charge in [0.1, 0.15) is 0 Å². The summed E-state index contributed by atoms with van der Waals surface area (Å²) in [6, 6.07) is 0. The van der Waals surface area contributed by atoms with Crippen molar-refractivity contribution in [3.8, 4) is 0 Å². The molecule has 1 aliphatic carbocycles. The first kappa shape index (κ1) is 8.51. The number of nitrogens with zero attached hydrogens (tertiary/aromatic N) is 3. The molecule has 3 N–H and O–H groups in total. The average molecular weight is 171 g/mol. The van der Waals surface area contributed by atoms with Crippen molar-refractivity contribution in [3.63, 3.8) is 0 Å². The van der Waals surface area contributed by atoms with Gasteiger partial charge in [0, 0.05) is 19.3 Å². The van der Waals surface area contributed by atoms with Crippen molar-refractivity contribution in [2.45, 2.75) is 19.3 Å². The lowest BCUT2D eigenvalue weighted by Crippen LogP contribution is -2.23. The second-order valence-corrected chi connectivity index (χ2v) is 2.53. The van der Waals surface area contributed by atoms with Crippen LogP contribution < -0.4 is 0 Å². The highest BCUT2D eigenvalue weighted by atomic mass is 16.4. The van der Waals surface area contributed by atoms with E-state index in [1.165, 1.54) is 0 Å². The van der Waals surface area contributed by atoms with E-state index in [0.29, 0.717) is 36.4 Å². The van der Waals surface area contributed by atoms with Gasteiger partial charge in [0.05, 0.1) is 17.1 Å². The summed E-state index contributed by atoms with van der Waals surface area (Å²) in [7, 11) is 0. The normalized spacial score (nSPS) is 17.5. The van der Waals surface area contributed by atoms with Crippen LogP contribution in [-0.2, 0) is 0 Å². The first-order chi connectivity index (χ1) is 5.80. The van der Waals surface area contributed by atoms with Crippen molar-refractivity contribution < 1.29 is 15.6 Å². The van der Waals surface area contributed by atoms with E-state index in [0.717, 1.165) is 0 Å². The molecule has 0 unspecified atom stereocenters. The van der Waals surface area contributed by atoms with E-state index in [2.05, 4.69) is 15.5 Å². The third kappa shape index (κ3) is 1.71. The van der Waals surface area contributed by atoms with Gasteiger partial charge in [0.15, 0.2) is 0 Å². The standard InChI is InChI=1S/C6H9N3O3/c10-7-4-1-5(8-11)3-6(2-4)9-12/h10-12H,1-3H2. The van der Waals surface area contributed by atoms with Gasteiger partial charge in [-0.1, -0.05) is 15.5 Å². The van der Waals surface area contributed by atoms with Gasteiger partial charge in [-0.2, -0.15) is 0 Å². The molecule has 0 aromatic heterocycles. The molecule has 66 valence electrons. The molecule has 0 heterocycles. The van der Waals surface area contributed by atoms with Crippen LogP contribution in [0.25, 0.3) is 0 Å². The van der Waals surface area contributed by atoms with Crippen LogP contribution in [0, 0.1) is 0 Å². The van der Waals surface area contributed by atoms with Crippen molar-refractivity contribution in [2.75, 3.05) is 0 Å². The summed E-state index contributed by atoms with van der Waals surface area (Å²) < 4.78 is 0. The Labute approximate surface area is 68.5 Å². The number of oxime groups is 3. The van der Waals surface area contributed by atoms with Crippen LogP contribution in [0.1, 0.15) is 19.3 Å². The van der Waals surface area contributed by atoms with Gasteiger partial charge < -0.3 is 15.6 Å². The maximum Gasteiger partial charge on any atom is 0.0685 e. The second-order valence-electron chi connectivity index (χ2n) is 2.53. The fraction of sp³-hybridized carbons (Fsp3) is 0.500. The Kier molecular flexibility index (Phi) is 2.62. The summed E-state index contributed by atoms with van der Waals surface area (Å²) in [4.78, 5) is 0. The maximum absolute atomic E-state index is 8.43. The molecule has 6 heteroatoms. The minimum Gasteiger partial charge on any atom is -0.411 e. The molecule has 0 aliphatic heterocycles. The summed E-state index contributed by atoms with van der Waals surface area (Å²) in [5.41, 5.74) is 1.30. The van der Waals surface area contributed by atoms with E-state index in [1.807, 2.05) is 0 Å². The van der Waals surface area contributed by atoms with Crippen LogP contribution in [0.15, 0.2) is 15.5 Å². The Bertz CT molecular complexity index is 202. The molecule has 0 saturated heterocycles. The Morgan fingerprint density at radius 1 is 0.667 bits per heavy atom. The van der Waals surface area contributed by atoms with E-state index in [-0.39, 0.29) is 0 Å². The lowest BCUT2D eigenvalue weighted by molar-refractivity contribution is 0.310. The highest BCUT2D eigenvalue weighted by Crippen LogP contribution is 2.11.